The van der Waals surface area contributed by atoms with Gasteiger partial charge < -0.3 is 4.74 Å². The van der Waals surface area contributed by atoms with Crippen LogP contribution >= 0.6 is 34.5 Å². The molecule has 1 amide bonds. The molecule has 2 rings (SSSR count). The molecule has 1 heterocycles. The number of nitrogens with one attached hydrogen (secondary N) is 1. The van der Waals surface area contributed by atoms with Gasteiger partial charge in [0.1, 0.15) is 5.75 Å². The Kier molecular flexibility index (Phi) is 7.18. The molecule has 0 saturated heterocycles. The van der Waals surface area contributed by atoms with Crippen LogP contribution < -0.4 is 10.1 Å². The van der Waals surface area contributed by atoms with Crippen molar-refractivity contribution in [2.45, 2.75) is 6.42 Å². The Labute approximate surface area is 151 Å². The SMILES string of the molecule is O=C(COc1ccc(Cl)cc1Cl)Nc1ncc(CCON(O)O)s1. The highest BCUT2D eigenvalue weighted by atomic mass is 35.5. The molecule has 0 aliphatic heterocycles. The molecule has 0 radical (unpaired) electrons. The van der Waals surface area contributed by atoms with Gasteiger partial charge in [-0.15, -0.1) is 11.3 Å². The van der Waals surface area contributed by atoms with E-state index >= 15 is 0 Å². The summed E-state index contributed by atoms with van der Waals surface area (Å²) in [5.41, 5.74) is 0. The number of thiazole rings is 1. The molecule has 0 bridgehead atoms. The number of carbonyl (C=O) groups is 1. The Morgan fingerprint density at radius 2 is 2.17 bits per heavy atom. The van der Waals surface area contributed by atoms with Crippen molar-refractivity contribution in [2.24, 2.45) is 0 Å². The molecule has 24 heavy (non-hydrogen) atoms. The minimum Gasteiger partial charge on any atom is -0.482 e. The molecule has 3 N–H and O–H groups in total. The van der Waals surface area contributed by atoms with E-state index in [0.29, 0.717) is 27.3 Å². The zero-order valence-corrected chi connectivity index (χ0v) is 14.4. The Bertz CT molecular complexity index is 698. The summed E-state index contributed by atoms with van der Waals surface area (Å²) in [6.45, 7) is -0.176. The lowest BCUT2D eigenvalue weighted by atomic mass is 10.3. The van der Waals surface area contributed by atoms with Gasteiger partial charge in [0.2, 0.25) is 0 Å². The molecule has 2 aromatic rings. The zero-order valence-electron chi connectivity index (χ0n) is 12.1. The van der Waals surface area contributed by atoms with Crippen molar-refractivity contribution in [2.75, 3.05) is 18.5 Å². The summed E-state index contributed by atoms with van der Waals surface area (Å²) in [6, 6.07) is 4.70. The Morgan fingerprint density at radius 1 is 1.38 bits per heavy atom. The highest BCUT2D eigenvalue weighted by Crippen LogP contribution is 2.27. The molecule has 8 nitrogen and oxygen atoms in total. The van der Waals surface area contributed by atoms with E-state index in [9.17, 15) is 4.79 Å². The summed E-state index contributed by atoms with van der Waals surface area (Å²) in [5.74, 6) is -0.0409. The van der Waals surface area contributed by atoms with Crippen molar-refractivity contribution in [3.63, 3.8) is 0 Å². The topological polar surface area (TPSA) is 104 Å². The van der Waals surface area contributed by atoms with E-state index in [1.165, 1.54) is 17.4 Å². The van der Waals surface area contributed by atoms with Crippen LogP contribution in [0.2, 0.25) is 10.0 Å². The first-order valence-corrected chi connectivity index (χ1v) is 8.14. The molecule has 0 aliphatic carbocycles. The zero-order chi connectivity index (χ0) is 17.5. The van der Waals surface area contributed by atoms with Gasteiger partial charge in [0.25, 0.3) is 5.91 Å². The molecule has 0 spiro atoms. The summed E-state index contributed by atoms with van der Waals surface area (Å²) in [4.78, 5) is 21.1. The van der Waals surface area contributed by atoms with E-state index in [0.717, 1.165) is 4.88 Å². The largest absolute Gasteiger partial charge is 0.482 e. The van der Waals surface area contributed by atoms with Crippen molar-refractivity contribution in [3.8, 4) is 5.75 Å². The van der Waals surface area contributed by atoms with Gasteiger partial charge in [-0.3, -0.25) is 25.4 Å². The van der Waals surface area contributed by atoms with Crippen molar-refractivity contribution >= 4 is 45.6 Å². The highest BCUT2D eigenvalue weighted by molar-refractivity contribution is 7.15. The minimum absolute atomic E-state index is 0.0563. The first-order valence-electron chi connectivity index (χ1n) is 6.57. The second kappa shape index (κ2) is 9.14. The van der Waals surface area contributed by atoms with E-state index in [-0.39, 0.29) is 18.6 Å². The third kappa shape index (κ3) is 6.21. The third-order valence-corrected chi connectivity index (χ3v) is 4.11. The van der Waals surface area contributed by atoms with Crippen molar-refractivity contribution in [3.05, 3.63) is 39.3 Å². The monoisotopic (exact) mass is 393 g/mol. The normalized spacial score (nSPS) is 10.9. The Balaban J connectivity index is 1.79. The molecular formula is C13H13Cl2N3O5S. The van der Waals surface area contributed by atoms with Crippen LogP contribution in [0, 0.1) is 0 Å². The standard InChI is InChI=1S/C13H13Cl2N3O5S/c14-8-1-2-11(10(15)5-8)22-7-12(19)17-13-16-6-9(24-13)3-4-23-18(20)21/h1-2,5-6,20-21H,3-4,7H2,(H,16,17,19). The average Bonchev–Trinajstić information content (AvgIpc) is 2.93. The molecule has 0 saturated carbocycles. The Hall–Kier alpha value is -1.46. The van der Waals surface area contributed by atoms with Gasteiger partial charge >= 0.3 is 0 Å². The lowest BCUT2D eigenvalue weighted by Crippen LogP contribution is -2.20. The van der Waals surface area contributed by atoms with Gasteiger partial charge in [-0.2, -0.15) is 0 Å². The molecule has 0 aliphatic rings. The highest BCUT2D eigenvalue weighted by Gasteiger charge is 2.10. The first kappa shape index (κ1) is 18.9. The number of hydrogen-bond acceptors (Lipinski definition) is 8. The maximum Gasteiger partial charge on any atom is 0.264 e. The van der Waals surface area contributed by atoms with Crippen LogP contribution in [0.25, 0.3) is 0 Å². The van der Waals surface area contributed by atoms with E-state index in [4.69, 9.17) is 38.4 Å². The van der Waals surface area contributed by atoms with Crippen LogP contribution in [-0.4, -0.2) is 39.9 Å². The fraction of sp³-hybridized carbons (Fsp3) is 0.231. The predicted molar refractivity (Wildman–Crippen MR) is 87.8 cm³/mol. The molecular weight excluding hydrogens is 381 g/mol. The quantitative estimate of drug-likeness (QED) is 0.592. The van der Waals surface area contributed by atoms with Gasteiger partial charge in [0.15, 0.2) is 11.7 Å². The number of amides is 1. The number of benzene rings is 1. The average molecular weight is 394 g/mol. The first-order chi connectivity index (χ1) is 11.4. The van der Waals surface area contributed by atoms with Crippen LogP contribution in [-0.2, 0) is 16.1 Å². The number of carbonyl (C=O) groups excluding carboxylic acids is 1. The van der Waals surface area contributed by atoms with Crippen LogP contribution in [0.3, 0.4) is 0 Å². The van der Waals surface area contributed by atoms with Gasteiger partial charge in [-0.05, 0) is 18.2 Å². The minimum atomic E-state index is -0.393. The molecule has 1 aromatic carbocycles. The summed E-state index contributed by atoms with van der Waals surface area (Å²) in [5, 5.41) is 20.2. The number of halogens is 2. The van der Waals surface area contributed by atoms with Crippen LogP contribution in [0.4, 0.5) is 5.13 Å². The van der Waals surface area contributed by atoms with Gasteiger partial charge in [0, 0.05) is 22.5 Å². The number of hydrogen-bond donors (Lipinski definition) is 3. The molecule has 1 aromatic heterocycles. The summed E-state index contributed by atoms with van der Waals surface area (Å²) in [7, 11) is 0. The number of anilines is 1. The molecule has 0 unspecified atom stereocenters. The van der Waals surface area contributed by atoms with Gasteiger partial charge in [0.05, 0.1) is 17.0 Å². The number of nitrogens with zero attached hydrogens (tertiary/aromatic N) is 2. The molecule has 0 atom stereocenters. The van der Waals surface area contributed by atoms with Crippen LogP contribution in [0.1, 0.15) is 4.88 Å². The predicted octanol–water partition coefficient (Wildman–Crippen LogP) is 3.02. The molecule has 11 heteroatoms. The van der Waals surface area contributed by atoms with Crippen LogP contribution in [0.5, 0.6) is 5.75 Å². The second-order valence-electron chi connectivity index (χ2n) is 4.38. The van der Waals surface area contributed by atoms with E-state index in [1.807, 2.05) is 0 Å². The maximum atomic E-state index is 11.8. The van der Waals surface area contributed by atoms with E-state index in [2.05, 4.69) is 15.1 Å². The third-order valence-electron chi connectivity index (χ3n) is 2.61. The van der Waals surface area contributed by atoms with Gasteiger partial charge in [-0.25, -0.2) is 4.98 Å². The van der Waals surface area contributed by atoms with Gasteiger partial charge in [-0.1, -0.05) is 23.2 Å². The fourth-order valence-corrected chi connectivity index (χ4v) is 2.87. The van der Waals surface area contributed by atoms with Crippen molar-refractivity contribution in [1.29, 1.82) is 0 Å². The summed E-state index contributed by atoms with van der Waals surface area (Å²) < 4.78 is 5.32. The van der Waals surface area contributed by atoms with E-state index in [1.54, 1.807) is 18.3 Å². The van der Waals surface area contributed by atoms with Crippen LogP contribution in [0.15, 0.2) is 24.4 Å². The smallest absolute Gasteiger partial charge is 0.264 e. The lowest BCUT2D eigenvalue weighted by Gasteiger charge is -2.07. The Morgan fingerprint density at radius 3 is 2.88 bits per heavy atom. The fourth-order valence-electron chi connectivity index (χ4n) is 1.60. The number of aromatic nitrogens is 1. The second-order valence-corrected chi connectivity index (χ2v) is 6.34. The number of rotatable bonds is 8. The number of ether oxygens (including phenoxy) is 1. The maximum absolute atomic E-state index is 11.8. The summed E-state index contributed by atoms with van der Waals surface area (Å²) in [6.07, 6.45) is 1.96. The van der Waals surface area contributed by atoms with E-state index < -0.39 is 5.91 Å². The lowest BCUT2D eigenvalue weighted by molar-refractivity contribution is -0.492. The molecule has 130 valence electrons. The molecule has 0 fully saturated rings. The van der Waals surface area contributed by atoms with Crippen molar-refractivity contribution in [1.82, 2.24) is 10.4 Å². The summed E-state index contributed by atoms with van der Waals surface area (Å²) >= 11 is 13.0. The van der Waals surface area contributed by atoms with Crippen molar-refractivity contribution < 1.29 is 24.8 Å².